The van der Waals surface area contributed by atoms with Crippen molar-refractivity contribution < 1.29 is 9.53 Å². The van der Waals surface area contributed by atoms with E-state index in [-0.39, 0.29) is 5.82 Å². The van der Waals surface area contributed by atoms with Gasteiger partial charge in [-0.3, -0.25) is 0 Å². The molecule has 0 atom stereocenters. The van der Waals surface area contributed by atoms with Gasteiger partial charge in [-0.15, -0.1) is 5.10 Å². The van der Waals surface area contributed by atoms with Crippen molar-refractivity contribution in [2.24, 2.45) is 5.92 Å². The zero-order valence-electron chi connectivity index (χ0n) is 11.6. The third kappa shape index (κ3) is 2.64. The molecule has 1 aliphatic carbocycles. The second-order valence-corrected chi connectivity index (χ2v) is 5.34. The Kier molecular flexibility index (Phi) is 3.62. The Labute approximate surface area is 117 Å². The summed E-state index contributed by atoms with van der Waals surface area (Å²) < 4.78 is 6.88. The van der Waals surface area contributed by atoms with Crippen molar-refractivity contribution in [3.05, 3.63) is 23.8 Å². The first kappa shape index (κ1) is 13.0. The van der Waals surface area contributed by atoms with Gasteiger partial charge in [0.2, 0.25) is 0 Å². The summed E-state index contributed by atoms with van der Waals surface area (Å²) >= 11 is 0. The van der Waals surface area contributed by atoms with Gasteiger partial charge < -0.3 is 4.74 Å². The quantitative estimate of drug-likeness (QED) is 0.802. The van der Waals surface area contributed by atoms with Gasteiger partial charge in [-0.1, -0.05) is 19.3 Å². The van der Waals surface area contributed by atoms with Crippen LogP contribution in [0.3, 0.4) is 0 Å². The highest BCUT2D eigenvalue weighted by molar-refractivity contribution is 5.85. The highest BCUT2D eigenvalue weighted by Crippen LogP contribution is 2.23. The van der Waals surface area contributed by atoms with Crippen LogP contribution in [0.1, 0.15) is 48.4 Å². The molecule has 1 fully saturated rings. The summed E-state index contributed by atoms with van der Waals surface area (Å²) in [6.07, 6.45) is 7.70. The van der Waals surface area contributed by atoms with Gasteiger partial charge in [-0.05, 0) is 31.7 Å². The Morgan fingerprint density at radius 1 is 1.40 bits per heavy atom. The fourth-order valence-corrected chi connectivity index (χ4v) is 2.60. The van der Waals surface area contributed by atoms with E-state index in [1.807, 2.05) is 13.0 Å². The molecule has 1 aliphatic rings. The molecule has 6 heteroatoms. The number of aryl methyl sites for hydroxylation is 1. The molecule has 2 aromatic rings. The average Bonchev–Trinajstić information content (AvgIpc) is 2.91. The van der Waals surface area contributed by atoms with E-state index in [0.29, 0.717) is 18.3 Å². The van der Waals surface area contributed by atoms with E-state index in [4.69, 9.17) is 4.74 Å². The number of ether oxygens (including phenoxy) is 1. The van der Waals surface area contributed by atoms with Crippen molar-refractivity contribution in [2.45, 2.75) is 39.0 Å². The highest BCUT2D eigenvalue weighted by Gasteiger charge is 2.19. The van der Waals surface area contributed by atoms with Crippen LogP contribution < -0.4 is 0 Å². The molecule has 1 saturated carbocycles. The molecular formula is C14H18N4O2. The van der Waals surface area contributed by atoms with Crippen LogP contribution in [0.25, 0.3) is 5.78 Å². The molecule has 0 aliphatic heterocycles. The van der Waals surface area contributed by atoms with Crippen molar-refractivity contribution in [2.75, 3.05) is 6.61 Å². The fraction of sp³-hybridized carbons (Fsp3) is 0.571. The van der Waals surface area contributed by atoms with E-state index in [0.717, 1.165) is 18.5 Å². The largest absolute Gasteiger partial charge is 0.459 e. The number of carbonyl (C=O) groups is 1. The molecule has 2 heterocycles. The van der Waals surface area contributed by atoms with Crippen LogP contribution in [-0.2, 0) is 4.74 Å². The maximum Gasteiger partial charge on any atom is 0.378 e. The molecule has 0 radical (unpaired) electrons. The van der Waals surface area contributed by atoms with E-state index in [2.05, 4.69) is 15.1 Å². The Balaban J connectivity index is 1.67. The SMILES string of the molecule is Cc1ccnc2nc(C(=O)OCC3CCCCC3)nn12. The summed E-state index contributed by atoms with van der Waals surface area (Å²) in [5.74, 6) is 0.544. The van der Waals surface area contributed by atoms with Crippen LogP contribution >= 0.6 is 0 Å². The maximum atomic E-state index is 12.0. The van der Waals surface area contributed by atoms with Gasteiger partial charge in [0.05, 0.1) is 6.61 Å². The van der Waals surface area contributed by atoms with E-state index in [1.165, 1.54) is 19.3 Å². The molecule has 0 aromatic carbocycles. The molecule has 3 rings (SSSR count). The zero-order valence-corrected chi connectivity index (χ0v) is 11.6. The number of esters is 1. The first-order chi connectivity index (χ1) is 9.74. The minimum absolute atomic E-state index is 0.0857. The third-order valence-corrected chi connectivity index (χ3v) is 3.79. The second-order valence-electron chi connectivity index (χ2n) is 5.34. The molecule has 20 heavy (non-hydrogen) atoms. The summed E-state index contributed by atoms with van der Waals surface area (Å²) in [5, 5.41) is 4.14. The van der Waals surface area contributed by atoms with E-state index < -0.39 is 5.97 Å². The number of nitrogens with zero attached hydrogens (tertiary/aromatic N) is 4. The maximum absolute atomic E-state index is 12.0. The van der Waals surface area contributed by atoms with Crippen LogP contribution in [0.2, 0.25) is 0 Å². The Hall–Kier alpha value is -1.98. The van der Waals surface area contributed by atoms with Gasteiger partial charge in [0.15, 0.2) is 0 Å². The molecule has 0 unspecified atom stereocenters. The molecule has 0 spiro atoms. The Morgan fingerprint density at radius 3 is 2.95 bits per heavy atom. The van der Waals surface area contributed by atoms with Gasteiger partial charge in [-0.2, -0.15) is 4.98 Å². The van der Waals surface area contributed by atoms with Crippen molar-refractivity contribution in [3.8, 4) is 0 Å². The van der Waals surface area contributed by atoms with Crippen molar-refractivity contribution in [3.63, 3.8) is 0 Å². The molecule has 0 N–H and O–H groups in total. The van der Waals surface area contributed by atoms with Crippen molar-refractivity contribution in [1.82, 2.24) is 19.6 Å². The number of aromatic nitrogens is 4. The topological polar surface area (TPSA) is 69.4 Å². The smallest absolute Gasteiger partial charge is 0.378 e. The monoisotopic (exact) mass is 274 g/mol. The second kappa shape index (κ2) is 5.56. The van der Waals surface area contributed by atoms with Crippen LogP contribution in [0.15, 0.2) is 12.3 Å². The first-order valence-electron chi connectivity index (χ1n) is 7.09. The van der Waals surface area contributed by atoms with Gasteiger partial charge in [0.1, 0.15) is 0 Å². The van der Waals surface area contributed by atoms with E-state index in [9.17, 15) is 4.79 Å². The lowest BCUT2D eigenvalue weighted by Crippen LogP contribution is -2.17. The van der Waals surface area contributed by atoms with E-state index in [1.54, 1.807) is 10.7 Å². The minimum atomic E-state index is -0.458. The standard InChI is InChI=1S/C14H18N4O2/c1-10-7-8-15-14-16-12(17-18(10)14)13(19)20-9-11-5-3-2-4-6-11/h7-8,11H,2-6,9H2,1H3. The third-order valence-electron chi connectivity index (χ3n) is 3.79. The molecule has 6 nitrogen and oxygen atoms in total. The van der Waals surface area contributed by atoms with Gasteiger partial charge in [0, 0.05) is 11.9 Å². The Bertz CT molecular complexity index is 617. The molecule has 0 bridgehead atoms. The summed E-state index contributed by atoms with van der Waals surface area (Å²) in [6, 6.07) is 1.82. The lowest BCUT2D eigenvalue weighted by atomic mass is 9.90. The van der Waals surface area contributed by atoms with Crippen LogP contribution in [0.5, 0.6) is 0 Å². The van der Waals surface area contributed by atoms with Gasteiger partial charge in [0.25, 0.3) is 11.6 Å². The van der Waals surface area contributed by atoms with Gasteiger partial charge >= 0.3 is 5.97 Å². The minimum Gasteiger partial charge on any atom is -0.459 e. The molecular weight excluding hydrogens is 256 g/mol. The summed E-state index contributed by atoms with van der Waals surface area (Å²) in [5.41, 5.74) is 0.883. The predicted octanol–water partition coefficient (Wildman–Crippen LogP) is 2.17. The van der Waals surface area contributed by atoms with Crippen LogP contribution in [0.4, 0.5) is 0 Å². The van der Waals surface area contributed by atoms with Crippen LogP contribution in [0, 0.1) is 12.8 Å². The lowest BCUT2D eigenvalue weighted by Gasteiger charge is -2.20. The first-order valence-corrected chi connectivity index (χ1v) is 7.09. The number of fused-ring (bicyclic) bond motifs is 1. The lowest BCUT2D eigenvalue weighted by molar-refractivity contribution is 0.0396. The van der Waals surface area contributed by atoms with Crippen molar-refractivity contribution >= 4 is 11.7 Å². The number of hydrogen-bond acceptors (Lipinski definition) is 5. The molecule has 0 saturated heterocycles. The fourth-order valence-electron chi connectivity index (χ4n) is 2.60. The van der Waals surface area contributed by atoms with Crippen LogP contribution in [-0.4, -0.2) is 32.2 Å². The average molecular weight is 274 g/mol. The van der Waals surface area contributed by atoms with Crippen molar-refractivity contribution in [1.29, 1.82) is 0 Å². The highest BCUT2D eigenvalue weighted by atomic mass is 16.5. The predicted molar refractivity (Wildman–Crippen MR) is 72.4 cm³/mol. The molecule has 106 valence electrons. The summed E-state index contributed by atoms with van der Waals surface area (Å²) in [4.78, 5) is 20.2. The normalized spacial score (nSPS) is 16.4. The molecule has 2 aromatic heterocycles. The molecule has 0 amide bonds. The summed E-state index contributed by atoms with van der Waals surface area (Å²) in [6.45, 7) is 2.36. The zero-order chi connectivity index (χ0) is 13.9. The summed E-state index contributed by atoms with van der Waals surface area (Å²) in [7, 11) is 0. The van der Waals surface area contributed by atoms with E-state index >= 15 is 0 Å². The Morgan fingerprint density at radius 2 is 2.20 bits per heavy atom. The number of rotatable bonds is 3. The number of hydrogen-bond donors (Lipinski definition) is 0. The van der Waals surface area contributed by atoms with Gasteiger partial charge in [-0.25, -0.2) is 14.3 Å². The number of carbonyl (C=O) groups excluding carboxylic acids is 1.